The summed E-state index contributed by atoms with van der Waals surface area (Å²) in [6.45, 7) is -2.51. The Morgan fingerprint density at radius 3 is 2.56 bits per heavy atom. The predicted molar refractivity (Wildman–Crippen MR) is 98.8 cm³/mol. The van der Waals surface area contributed by atoms with E-state index in [1.165, 1.54) is 24.3 Å². The SMILES string of the molecule is O=C(Nc1ccn(Cc2ccc(Cl)cc2Cl)n1)c1ccc(OC(F)F)cc1. The molecular formula is C18H13Cl2F2N3O2. The minimum absolute atomic E-state index is 0.0225. The first-order valence-electron chi connectivity index (χ1n) is 7.74. The van der Waals surface area contributed by atoms with Crippen molar-refractivity contribution < 1.29 is 18.3 Å². The van der Waals surface area contributed by atoms with Gasteiger partial charge < -0.3 is 10.1 Å². The number of nitrogens with one attached hydrogen (secondary N) is 1. The van der Waals surface area contributed by atoms with E-state index in [-0.39, 0.29) is 11.3 Å². The van der Waals surface area contributed by atoms with Gasteiger partial charge in [0, 0.05) is 27.9 Å². The molecule has 0 saturated carbocycles. The average Bonchev–Trinajstić information content (AvgIpc) is 3.04. The van der Waals surface area contributed by atoms with Gasteiger partial charge in [-0.1, -0.05) is 29.3 Å². The zero-order valence-corrected chi connectivity index (χ0v) is 15.2. The quantitative estimate of drug-likeness (QED) is 0.614. The van der Waals surface area contributed by atoms with Crippen LogP contribution < -0.4 is 10.1 Å². The highest BCUT2D eigenvalue weighted by Crippen LogP contribution is 2.22. The smallest absolute Gasteiger partial charge is 0.387 e. The number of hydrogen-bond donors (Lipinski definition) is 1. The van der Waals surface area contributed by atoms with E-state index in [4.69, 9.17) is 23.2 Å². The summed E-state index contributed by atoms with van der Waals surface area (Å²) < 4.78 is 30.1. The fourth-order valence-electron chi connectivity index (χ4n) is 2.32. The van der Waals surface area contributed by atoms with Gasteiger partial charge in [0.25, 0.3) is 5.91 Å². The van der Waals surface area contributed by atoms with E-state index >= 15 is 0 Å². The van der Waals surface area contributed by atoms with Crippen molar-refractivity contribution in [2.75, 3.05) is 5.32 Å². The molecule has 0 bridgehead atoms. The molecule has 2 aromatic carbocycles. The van der Waals surface area contributed by atoms with Crippen molar-refractivity contribution in [2.24, 2.45) is 0 Å². The van der Waals surface area contributed by atoms with E-state index in [1.54, 1.807) is 35.1 Å². The van der Waals surface area contributed by atoms with Crippen LogP contribution in [0.5, 0.6) is 5.75 Å². The number of alkyl halides is 2. The van der Waals surface area contributed by atoms with Crippen LogP contribution in [0, 0.1) is 0 Å². The maximum absolute atomic E-state index is 12.2. The maximum atomic E-state index is 12.2. The standard InChI is InChI=1S/C18H13Cl2F2N3O2/c19-13-4-1-12(15(20)9-13)10-25-8-7-16(24-25)23-17(26)11-2-5-14(6-3-11)27-18(21)22/h1-9,18H,10H2,(H,23,24,26). The molecular weight excluding hydrogens is 399 g/mol. The Kier molecular flexibility index (Phi) is 5.93. The first-order chi connectivity index (χ1) is 12.9. The molecule has 5 nitrogen and oxygen atoms in total. The van der Waals surface area contributed by atoms with E-state index in [0.29, 0.717) is 22.4 Å². The number of carbonyl (C=O) groups excluding carboxylic acids is 1. The van der Waals surface area contributed by atoms with Gasteiger partial charge in [-0.3, -0.25) is 9.48 Å². The van der Waals surface area contributed by atoms with Crippen molar-refractivity contribution in [1.29, 1.82) is 0 Å². The number of halogens is 4. The van der Waals surface area contributed by atoms with Crippen molar-refractivity contribution in [2.45, 2.75) is 13.2 Å². The van der Waals surface area contributed by atoms with Crippen LogP contribution in [0.1, 0.15) is 15.9 Å². The van der Waals surface area contributed by atoms with E-state index < -0.39 is 12.5 Å². The molecule has 1 heterocycles. The fourth-order valence-corrected chi connectivity index (χ4v) is 2.79. The Morgan fingerprint density at radius 2 is 1.89 bits per heavy atom. The molecule has 0 unspecified atom stereocenters. The minimum atomic E-state index is -2.91. The molecule has 0 aliphatic heterocycles. The van der Waals surface area contributed by atoms with Crippen LogP contribution in [-0.4, -0.2) is 22.3 Å². The molecule has 27 heavy (non-hydrogen) atoms. The van der Waals surface area contributed by atoms with Crippen LogP contribution in [0.2, 0.25) is 10.0 Å². The highest BCUT2D eigenvalue weighted by molar-refractivity contribution is 6.35. The summed E-state index contributed by atoms with van der Waals surface area (Å²) in [6.07, 6.45) is 1.69. The molecule has 1 amide bonds. The van der Waals surface area contributed by atoms with Crippen LogP contribution >= 0.6 is 23.2 Å². The van der Waals surface area contributed by atoms with E-state index in [1.807, 2.05) is 0 Å². The molecule has 3 rings (SSSR count). The summed E-state index contributed by atoms with van der Waals surface area (Å²) in [5.74, 6) is -0.1000. The van der Waals surface area contributed by atoms with Gasteiger partial charge in [-0.05, 0) is 42.0 Å². The number of benzene rings is 2. The summed E-state index contributed by atoms with van der Waals surface area (Å²) in [5.41, 5.74) is 1.11. The third-order valence-corrected chi connectivity index (χ3v) is 4.16. The Morgan fingerprint density at radius 1 is 1.15 bits per heavy atom. The number of rotatable bonds is 6. The van der Waals surface area contributed by atoms with Crippen molar-refractivity contribution in [3.05, 3.63) is 75.9 Å². The number of nitrogens with zero attached hydrogens (tertiary/aromatic N) is 2. The summed E-state index contributed by atoms with van der Waals surface area (Å²) in [7, 11) is 0. The second kappa shape index (κ2) is 8.37. The van der Waals surface area contributed by atoms with Crippen LogP contribution in [-0.2, 0) is 6.54 Å². The normalized spacial score (nSPS) is 10.9. The van der Waals surface area contributed by atoms with Gasteiger partial charge in [-0.25, -0.2) is 0 Å². The van der Waals surface area contributed by atoms with E-state index in [0.717, 1.165) is 5.56 Å². The number of amides is 1. The molecule has 1 N–H and O–H groups in total. The molecule has 0 saturated heterocycles. The zero-order chi connectivity index (χ0) is 19.4. The lowest BCUT2D eigenvalue weighted by molar-refractivity contribution is -0.0498. The minimum Gasteiger partial charge on any atom is -0.435 e. The highest BCUT2D eigenvalue weighted by Gasteiger charge is 2.10. The molecule has 0 radical (unpaired) electrons. The van der Waals surface area contributed by atoms with Gasteiger partial charge in [0.2, 0.25) is 0 Å². The Bertz CT molecular complexity index is 946. The monoisotopic (exact) mass is 411 g/mol. The van der Waals surface area contributed by atoms with E-state index in [2.05, 4.69) is 15.2 Å². The van der Waals surface area contributed by atoms with Crippen molar-refractivity contribution >= 4 is 34.9 Å². The van der Waals surface area contributed by atoms with Gasteiger partial charge in [0.15, 0.2) is 5.82 Å². The molecule has 0 atom stereocenters. The van der Waals surface area contributed by atoms with Gasteiger partial charge in [-0.2, -0.15) is 13.9 Å². The molecule has 3 aromatic rings. The van der Waals surface area contributed by atoms with Crippen LogP contribution in [0.3, 0.4) is 0 Å². The molecule has 0 aliphatic carbocycles. The Hall–Kier alpha value is -2.64. The van der Waals surface area contributed by atoms with Crippen molar-refractivity contribution in [3.8, 4) is 5.75 Å². The largest absolute Gasteiger partial charge is 0.435 e. The molecule has 0 aliphatic rings. The predicted octanol–water partition coefficient (Wildman–Crippen LogP) is 5.09. The second-order valence-corrected chi connectivity index (χ2v) is 6.33. The van der Waals surface area contributed by atoms with Gasteiger partial charge in [0.1, 0.15) is 5.75 Å². The van der Waals surface area contributed by atoms with Crippen molar-refractivity contribution in [3.63, 3.8) is 0 Å². The lowest BCUT2D eigenvalue weighted by Crippen LogP contribution is -2.13. The number of carbonyl (C=O) groups is 1. The Balaban J connectivity index is 1.63. The summed E-state index contributed by atoms with van der Waals surface area (Å²) in [4.78, 5) is 12.2. The lowest BCUT2D eigenvalue weighted by Gasteiger charge is -2.06. The topological polar surface area (TPSA) is 56.2 Å². The molecule has 0 fully saturated rings. The third-order valence-electron chi connectivity index (χ3n) is 3.57. The summed E-state index contributed by atoms with van der Waals surface area (Å²) in [5, 5.41) is 7.96. The average molecular weight is 412 g/mol. The number of anilines is 1. The molecule has 140 valence electrons. The van der Waals surface area contributed by atoms with Crippen LogP contribution in [0.4, 0.5) is 14.6 Å². The first kappa shape index (κ1) is 19.1. The first-order valence-corrected chi connectivity index (χ1v) is 8.50. The maximum Gasteiger partial charge on any atom is 0.387 e. The molecule has 0 spiro atoms. The van der Waals surface area contributed by atoms with Gasteiger partial charge in [-0.15, -0.1) is 0 Å². The summed E-state index contributed by atoms with van der Waals surface area (Å²) in [6, 6.07) is 12.2. The van der Waals surface area contributed by atoms with Crippen LogP contribution in [0.15, 0.2) is 54.7 Å². The molecule has 1 aromatic heterocycles. The number of hydrogen-bond acceptors (Lipinski definition) is 3. The number of ether oxygens (including phenoxy) is 1. The summed E-state index contributed by atoms with van der Waals surface area (Å²) >= 11 is 12.0. The van der Waals surface area contributed by atoms with Gasteiger partial charge in [0.05, 0.1) is 6.54 Å². The second-order valence-electron chi connectivity index (χ2n) is 5.49. The van der Waals surface area contributed by atoms with Gasteiger partial charge >= 0.3 is 6.61 Å². The van der Waals surface area contributed by atoms with Crippen molar-refractivity contribution in [1.82, 2.24) is 9.78 Å². The molecule has 9 heteroatoms. The lowest BCUT2D eigenvalue weighted by atomic mass is 10.2. The van der Waals surface area contributed by atoms with E-state index in [9.17, 15) is 13.6 Å². The van der Waals surface area contributed by atoms with Crippen LogP contribution in [0.25, 0.3) is 0 Å². The highest BCUT2D eigenvalue weighted by atomic mass is 35.5. The fraction of sp³-hybridized carbons (Fsp3) is 0.111. The third kappa shape index (κ3) is 5.18. The Labute approximate surface area is 163 Å². The number of aromatic nitrogens is 2. The zero-order valence-electron chi connectivity index (χ0n) is 13.7.